The summed E-state index contributed by atoms with van der Waals surface area (Å²) in [6, 6.07) is 7.04. The van der Waals surface area contributed by atoms with Crippen LogP contribution in [0.1, 0.15) is 122 Å². The van der Waals surface area contributed by atoms with Gasteiger partial charge in [0, 0.05) is 11.5 Å². The van der Waals surface area contributed by atoms with Crippen LogP contribution in [0.15, 0.2) is 46.8 Å². The molecular weight excluding hydrogens is 474 g/mol. The van der Waals surface area contributed by atoms with Crippen LogP contribution in [0.25, 0.3) is 5.57 Å². The minimum absolute atomic E-state index is 0.00599. The number of rotatable bonds is 14. The van der Waals surface area contributed by atoms with Crippen molar-refractivity contribution in [1.29, 1.82) is 0 Å². The Morgan fingerprint density at radius 1 is 0.947 bits per heavy atom. The predicted molar refractivity (Wildman–Crippen MR) is 156 cm³/mol. The Labute approximate surface area is 230 Å². The monoisotopic (exact) mass is 523 g/mol. The Balaban J connectivity index is 1.91. The molecule has 1 fully saturated rings. The van der Waals surface area contributed by atoms with Gasteiger partial charge >= 0.3 is 5.97 Å². The van der Waals surface area contributed by atoms with Gasteiger partial charge in [-0.3, -0.25) is 0 Å². The number of ether oxygens (including phenoxy) is 1. The molecule has 1 N–H and O–H groups in total. The van der Waals surface area contributed by atoms with Crippen LogP contribution in [0.2, 0.25) is 0 Å². The molecule has 1 unspecified atom stereocenters. The van der Waals surface area contributed by atoms with Crippen LogP contribution >= 0.6 is 0 Å². The Hall–Kier alpha value is -2.56. The number of benzene rings is 1. The van der Waals surface area contributed by atoms with Gasteiger partial charge < -0.3 is 14.7 Å². The summed E-state index contributed by atoms with van der Waals surface area (Å²) >= 11 is 0. The summed E-state index contributed by atoms with van der Waals surface area (Å²) in [6.45, 7) is 14.7. The Morgan fingerprint density at radius 3 is 2.18 bits per heavy atom. The molecule has 5 heteroatoms. The van der Waals surface area contributed by atoms with Crippen LogP contribution in [-0.4, -0.2) is 30.0 Å². The predicted octanol–water partition coefficient (Wildman–Crippen LogP) is 9.05. The van der Waals surface area contributed by atoms with Gasteiger partial charge in [-0.2, -0.15) is 0 Å². The van der Waals surface area contributed by atoms with Gasteiger partial charge in [-0.25, -0.2) is 4.79 Å². The topological polar surface area (TPSA) is 68.1 Å². The second kappa shape index (κ2) is 13.5. The molecular formula is C33H49NO4. The summed E-state index contributed by atoms with van der Waals surface area (Å²) in [5.74, 6) is -0.0376. The van der Waals surface area contributed by atoms with Crippen molar-refractivity contribution in [3.8, 4) is 0 Å². The number of fused-ring (bicyclic) bond motifs is 1. The molecule has 0 bridgehead atoms. The first-order valence-electron chi connectivity index (χ1n) is 14.8. The van der Waals surface area contributed by atoms with E-state index in [1.54, 1.807) is 12.1 Å². The van der Waals surface area contributed by atoms with Crippen LogP contribution < -0.4 is 0 Å². The fourth-order valence-corrected chi connectivity index (χ4v) is 5.87. The maximum absolute atomic E-state index is 11.5. The fraction of sp³-hybridized carbons (Fsp3) is 0.636. The van der Waals surface area contributed by atoms with Crippen molar-refractivity contribution in [2.24, 2.45) is 21.9 Å². The molecule has 38 heavy (non-hydrogen) atoms. The molecule has 5 nitrogen and oxygen atoms in total. The van der Waals surface area contributed by atoms with Crippen molar-refractivity contribution in [3.63, 3.8) is 0 Å². The van der Waals surface area contributed by atoms with Crippen molar-refractivity contribution in [2.75, 3.05) is 13.2 Å². The molecule has 2 aliphatic carbocycles. The minimum Gasteiger partial charge on any atom is -0.493 e. The maximum atomic E-state index is 11.5. The molecule has 1 atom stereocenters. The number of carboxylic acid groups (broad SMARTS) is 1. The Bertz CT molecular complexity index is 1030. The molecule has 1 aromatic carbocycles. The van der Waals surface area contributed by atoms with E-state index in [1.165, 1.54) is 44.1 Å². The zero-order valence-electron chi connectivity index (χ0n) is 24.6. The summed E-state index contributed by atoms with van der Waals surface area (Å²) in [7, 11) is 0. The van der Waals surface area contributed by atoms with Gasteiger partial charge in [0.1, 0.15) is 12.4 Å². The number of allylic oxidation sites excluding steroid dienone is 3. The lowest BCUT2D eigenvalue weighted by molar-refractivity contribution is 0.0697. The Kier molecular flexibility index (Phi) is 10.6. The van der Waals surface area contributed by atoms with E-state index in [0.29, 0.717) is 13.2 Å². The molecule has 0 heterocycles. The lowest BCUT2D eigenvalue weighted by atomic mass is 9.54. The molecule has 0 saturated heterocycles. The van der Waals surface area contributed by atoms with E-state index in [-0.39, 0.29) is 22.3 Å². The van der Waals surface area contributed by atoms with E-state index in [2.05, 4.69) is 40.7 Å². The molecule has 0 aliphatic heterocycles. The van der Waals surface area contributed by atoms with Crippen molar-refractivity contribution in [1.82, 2.24) is 0 Å². The number of unbranched alkanes of at least 4 members (excludes halogenated alkanes) is 7. The Morgan fingerprint density at radius 2 is 1.58 bits per heavy atom. The first-order valence-corrected chi connectivity index (χ1v) is 14.8. The molecule has 3 rings (SSSR count). The third kappa shape index (κ3) is 7.30. The van der Waals surface area contributed by atoms with Gasteiger partial charge in [0.25, 0.3) is 0 Å². The first kappa shape index (κ1) is 30.0. The quantitative estimate of drug-likeness (QED) is 0.195. The lowest BCUT2D eigenvalue weighted by Crippen LogP contribution is -2.44. The number of hydrogen-bond acceptors (Lipinski definition) is 4. The van der Waals surface area contributed by atoms with E-state index >= 15 is 0 Å². The molecule has 210 valence electrons. The van der Waals surface area contributed by atoms with Crippen LogP contribution in [0.3, 0.4) is 0 Å². The van der Waals surface area contributed by atoms with E-state index in [0.717, 1.165) is 48.3 Å². The van der Waals surface area contributed by atoms with Crippen LogP contribution in [0, 0.1) is 16.7 Å². The van der Waals surface area contributed by atoms with Gasteiger partial charge in [-0.05, 0) is 67.2 Å². The number of carbonyl (C=O) groups is 1. The van der Waals surface area contributed by atoms with Crippen LogP contribution in [-0.2, 0) is 9.57 Å². The van der Waals surface area contributed by atoms with Crippen molar-refractivity contribution in [2.45, 2.75) is 106 Å². The van der Waals surface area contributed by atoms with Gasteiger partial charge in [-0.15, -0.1) is 0 Å². The summed E-state index contributed by atoms with van der Waals surface area (Å²) in [6.07, 6.45) is 14.4. The highest BCUT2D eigenvalue weighted by Crippen LogP contribution is 2.56. The second-order valence-corrected chi connectivity index (χ2v) is 12.2. The highest BCUT2D eigenvalue weighted by atomic mass is 16.6. The van der Waals surface area contributed by atoms with E-state index in [1.807, 2.05) is 19.1 Å². The third-order valence-corrected chi connectivity index (χ3v) is 8.30. The number of oxime groups is 1. The summed E-state index contributed by atoms with van der Waals surface area (Å²) in [5, 5.41) is 14.3. The first-order chi connectivity index (χ1) is 18.1. The van der Waals surface area contributed by atoms with Gasteiger partial charge in [0.2, 0.25) is 0 Å². The highest BCUT2D eigenvalue weighted by molar-refractivity contribution is 6.27. The smallest absolute Gasteiger partial charge is 0.335 e. The average molecular weight is 524 g/mol. The molecule has 0 aromatic heterocycles. The van der Waals surface area contributed by atoms with Crippen LogP contribution in [0.5, 0.6) is 0 Å². The molecule has 0 amide bonds. The summed E-state index contributed by atoms with van der Waals surface area (Å²) < 4.78 is 6.22. The van der Waals surface area contributed by atoms with E-state index in [9.17, 15) is 9.90 Å². The molecule has 2 aliphatic rings. The van der Waals surface area contributed by atoms with Crippen LogP contribution in [0.4, 0.5) is 0 Å². The van der Waals surface area contributed by atoms with Crippen molar-refractivity contribution in [3.05, 3.63) is 52.8 Å². The number of nitrogens with zero attached hydrogens (tertiary/aromatic N) is 1. The molecule has 1 aromatic rings. The summed E-state index contributed by atoms with van der Waals surface area (Å²) in [4.78, 5) is 17.5. The number of aromatic carboxylic acids is 1. The van der Waals surface area contributed by atoms with Gasteiger partial charge in [0.05, 0.1) is 17.9 Å². The standard InChI is InChI=1S/C33H49NO4/c1-7-9-10-11-12-13-14-15-22-38-34-30-28(24-16-18-25(19-17-24)31(35)36)27(37-8-2)23-26-29(30)33(5,6)21-20-32(26,3)4/h16-19,23,29H,7-15,20-22H2,1-6H3,(H,35,36). The average Bonchev–Trinajstić information content (AvgIpc) is 2.88. The third-order valence-electron chi connectivity index (χ3n) is 8.30. The van der Waals surface area contributed by atoms with E-state index in [4.69, 9.17) is 14.7 Å². The van der Waals surface area contributed by atoms with E-state index < -0.39 is 5.97 Å². The molecule has 0 radical (unpaired) electrons. The number of carboxylic acids is 1. The zero-order valence-corrected chi connectivity index (χ0v) is 24.6. The SMILES string of the molecule is CCCCCCCCCCON=C1C(c2ccc(C(=O)O)cc2)=C(OCC)C=C2C1C(C)(C)CCC2(C)C. The van der Waals surface area contributed by atoms with Gasteiger partial charge in [-0.1, -0.05) is 96.0 Å². The lowest BCUT2D eigenvalue weighted by Gasteiger charge is -2.50. The van der Waals surface area contributed by atoms with Gasteiger partial charge in [0.15, 0.2) is 0 Å². The maximum Gasteiger partial charge on any atom is 0.335 e. The largest absolute Gasteiger partial charge is 0.493 e. The minimum atomic E-state index is -0.931. The number of hydrogen-bond donors (Lipinski definition) is 1. The second-order valence-electron chi connectivity index (χ2n) is 12.2. The molecule has 0 spiro atoms. The van der Waals surface area contributed by atoms with Crippen molar-refractivity contribution < 1.29 is 19.5 Å². The summed E-state index contributed by atoms with van der Waals surface area (Å²) in [5.41, 5.74) is 4.37. The highest BCUT2D eigenvalue weighted by Gasteiger charge is 2.49. The van der Waals surface area contributed by atoms with Crippen molar-refractivity contribution >= 4 is 17.3 Å². The fourth-order valence-electron chi connectivity index (χ4n) is 5.87. The molecule has 1 saturated carbocycles. The zero-order chi connectivity index (χ0) is 27.8. The normalized spacial score (nSPS) is 21.2.